The Labute approximate surface area is 170 Å². The van der Waals surface area contributed by atoms with Gasteiger partial charge < -0.3 is 10.2 Å². The zero-order valence-electron chi connectivity index (χ0n) is 14.6. The average Bonchev–Trinajstić information content (AvgIpc) is 3.12. The Morgan fingerprint density at radius 2 is 2.04 bits per heavy atom. The number of rotatable bonds is 3. The number of nitrogens with one attached hydrogen (secondary N) is 1. The SMILES string of the molecule is C[C@H]1CN(c2ccc(Cl)c(Cl)c2)C(=O)c2c(NC(=O)c3cnccn3)cnn21. The van der Waals surface area contributed by atoms with Gasteiger partial charge in [-0.3, -0.25) is 19.3 Å². The number of fused-ring (bicyclic) bond motifs is 1. The van der Waals surface area contributed by atoms with E-state index in [1.807, 2.05) is 6.92 Å². The van der Waals surface area contributed by atoms with E-state index in [0.717, 1.165) is 0 Å². The van der Waals surface area contributed by atoms with Crippen molar-refractivity contribution in [3.8, 4) is 0 Å². The first-order chi connectivity index (χ1) is 13.5. The summed E-state index contributed by atoms with van der Waals surface area (Å²) in [5.41, 5.74) is 1.34. The molecular weight excluding hydrogens is 403 g/mol. The van der Waals surface area contributed by atoms with Crippen LogP contribution in [-0.4, -0.2) is 38.1 Å². The largest absolute Gasteiger partial charge is 0.317 e. The molecule has 3 heterocycles. The molecule has 0 radical (unpaired) electrons. The Balaban J connectivity index is 1.68. The third-order valence-electron chi connectivity index (χ3n) is 4.37. The van der Waals surface area contributed by atoms with Crippen LogP contribution in [0.3, 0.4) is 0 Å². The number of carbonyl (C=O) groups is 2. The number of halogens is 2. The molecule has 142 valence electrons. The fraction of sp³-hybridized carbons (Fsp3) is 0.167. The Hall–Kier alpha value is -2.97. The highest BCUT2D eigenvalue weighted by Gasteiger charge is 2.34. The molecule has 0 fully saturated rings. The minimum Gasteiger partial charge on any atom is -0.317 e. The van der Waals surface area contributed by atoms with Crippen LogP contribution in [0.4, 0.5) is 11.4 Å². The summed E-state index contributed by atoms with van der Waals surface area (Å²) in [5, 5.41) is 7.72. The monoisotopic (exact) mass is 416 g/mol. The first-order valence-electron chi connectivity index (χ1n) is 8.37. The quantitative estimate of drug-likeness (QED) is 0.705. The van der Waals surface area contributed by atoms with Gasteiger partial charge in [0.2, 0.25) is 0 Å². The number of nitrogens with zero attached hydrogens (tertiary/aromatic N) is 5. The van der Waals surface area contributed by atoms with Gasteiger partial charge in [0.05, 0.1) is 34.2 Å². The van der Waals surface area contributed by atoms with Crippen molar-refractivity contribution < 1.29 is 9.59 Å². The molecule has 1 aromatic carbocycles. The highest BCUT2D eigenvalue weighted by Crippen LogP contribution is 2.33. The number of carbonyl (C=O) groups excluding carboxylic acids is 2. The third-order valence-corrected chi connectivity index (χ3v) is 5.11. The lowest BCUT2D eigenvalue weighted by Gasteiger charge is -2.32. The molecule has 1 aliphatic heterocycles. The van der Waals surface area contributed by atoms with Crippen LogP contribution >= 0.6 is 23.2 Å². The highest BCUT2D eigenvalue weighted by atomic mass is 35.5. The van der Waals surface area contributed by atoms with Gasteiger partial charge in [0, 0.05) is 24.6 Å². The van der Waals surface area contributed by atoms with Gasteiger partial charge in [0.1, 0.15) is 5.69 Å². The molecule has 8 nitrogen and oxygen atoms in total. The molecule has 28 heavy (non-hydrogen) atoms. The van der Waals surface area contributed by atoms with Gasteiger partial charge in [-0.2, -0.15) is 5.10 Å². The number of benzene rings is 1. The van der Waals surface area contributed by atoms with Gasteiger partial charge in [0.15, 0.2) is 5.69 Å². The first-order valence-corrected chi connectivity index (χ1v) is 9.13. The second-order valence-electron chi connectivity index (χ2n) is 6.26. The van der Waals surface area contributed by atoms with E-state index in [4.69, 9.17) is 23.2 Å². The third kappa shape index (κ3) is 3.21. The summed E-state index contributed by atoms with van der Waals surface area (Å²) in [6.07, 6.45) is 5.69. The second-order valence-corrected chi connectivity index (χ2v) is 7.07. The normalized spacial score (nSPS) is 16.0. The second kappa shape index (κ2) is 7.21. The molecule has 0 spiro atoms. The van der Waals surface area contributed by atoms with E-state index in [2.05, 4.69) is 20.4 Å². The lowest BCUT2D eigenvalue weighted by molar-refractivity contribution is 0.0954. The zero-order chi connectivity index (χ0) is 19.8. The van der Waals surface area contributed by atoms with Gasteiger partial charge in [-0.05, 0) is 25.1 Å². The van der Waals surface area contributed by atoms with Crippen molar-refractivity contribution in [2.45, 2.75) is 13.0 Å². The fourth-order valence-electron chi connectivity index (χ4n) is 3.03. The number of amides is 2. The fourth-order valence-corrected chi connectivity index (χ4v) is 3.32. The Bertz CT molecular complexity index is 1070. The highest BCUT2D eigenvalue weighted by molar-refractivity contribution is 6.42. The maximum Gasteiger partial charge on any atom is 0.278 e. The molecule has 2 aromatic heterocycles. The lowest BCUT2D eigenvalue weighted by Crippen LogP contribution is -2.43. The van der Waals surface area contributed by atoms with Crippen molar-refractivity contribution in [1.29, 1.82) is 0 Å². The van der Waals surface area contributed by atoms with E-state index in [0.29, 0.717) is 28.0 Å². The van der Waals surface area contributed by atoms with Crippen LogP contribution < -0.4 is 10.2 Å². The van der Waals surface area contributed by atoms with Crippen molar-refractivity contribution in [1.82, 2.24) is 19.7 Å². The number of anilines is 2. The van der Waals surface area contributed by atoms with E-state index in [-0.39, 0.29) is 23.3 Å². The molecule has 4 rings (SSSR count). The molecule has 1 aliphatic rings. The van der Waals surface area contributed by atoms with Gasteiger partial charge in [-0.25, -0.2) is 4.98 Å². The predicted molar refractivity (Wildman–Crippen MR) is 105 cm³/mol. The van der Waals surface area contributed by atoms with Crippen LogP contribution in [-0.2, 0) is 0 Å². The summed E-state index contributed by atoms with van der Waals surface area (Å²) in [7, 11) is 0. The smallest absolute Gasteiger partial charge is 0.278 e. The molecule has 0 aliphatic carbocycles. The number of hydrogen-bond donors (Lipinski definition) is 1. The summed E-state index contributed by atoms with van der Waals surface area (Å²) in [6, 6.07) is 4.89. The van der Waals surface area contributed by atoms with Crippen LogP contribution in [0.25, 0.3) is 0 Å². The minimum absolute atomic E-state index is 0.107. The molecule has 2 amide bonds. The van der Waals surface area contributed by atoms with Gasteiger partial charge in [0.25, 0.3) is 11.8 Å². The van der Waals surface area contributed by atoms with Gasteiger partial charge in [-0.1, -0.05) is 23.2 Å². The minimum atomic E-state index is -0.476. The average molecular weight is 417 g/mol. The van der Waals surface area contributed by atoms with Crippen LogP contribution in [0.1, 0.15) is 33.9 Å². The van der Waals surface area contributed by atoms with Crippen molar-refractivity contribution in [3.63, 3.8) is 0 Å². The summed E-state index contributed by atoms with van der Waals surface area (Å²) in [5.74, 6) is -0.778. The molecular formula is C18H14Cl2N6O2. The van der Waals surface area contributed by atoms with Gasteiger partial charge >= 0.3 is 0 Å². The van der Waals surface area contributed by atoms with Crippen LogP contribution in [0.15, 0.2) is 43.0 Å². The summed E-state index contributed by atoms with van der Waals surface area (Å²) >= 11 is 12.1. The van der Waals surface area contributed by atoms with Crippen LogP contribution in [0.2, 0.25) is 10.0 Å². The lowest BCUT2D eigenvalue weighted by atomic mass is 10.1. The number of aromatic nitrogens is 4. The molecule has 1 N–H and O–H groups in total. The Kier molecular flexibility index (Phi) is 4.74. The van der Waals surface area contributed by atoms with E-state index in [1.165, 1.54) is 24.8 Å². The summed E-state index contributed by atoms with van der Waals surface area (Å²) in [6.45, 7) is 2.34. The summed E-state index contributed by atoms with van der Waals surface area (Å²) in [4.78, 5) is 35.0. The van der Waals surface area contributed by atoms with E-state index >= 15 is 0 Å². The summed E-state index contributed by atoms with van der Waals surface area (Å²) < 4.78 is 1.60. The molecule has 10 heteroatoms. The molecule has 0 unspecified atom stereocenters. The van der Waals surface area contributed by atoms with E-state index in [1.54, 1.807) is 27.8 Å². The van der Waals surface area contributed by atoms with Crippen LogP contribution in [0, 0.1) is 0 Å². The van der Waals surface area contributed by atoms with Crippen molar-refractivity contribution in [2.24, 2.45) is 0 Å². The first kappa shape index (κ1) is 18.4. The van der Waals surface area contributed by atoms with Crippen molar-refractivity contribution in [2.75, 3.05) is 16.8 Å². The van der Waals surface area contributed by atoms with Crippen molar-refractivity contribution in [3.05, 3.63) is 64.4 Å². The Morgan fingerprint density at radius 3 is 2.75 bits per heavy atom. The molecule has 0 saturated carbocycles. The van der Waals surface area contributed by atoms with Crippen molar-refractivity contribution >= 4 is 46.4 Å². The maximum absolute atomic E-state index is 13.2. The topological polar surface area (TPSA) is 93.0 Å². The molecule has 1 atom stereocenters. The molecule has 0 bridgehead atoms. The number of hydrogen-bond acceptors (Lipinski definition) is 5. The van der Waals surface area contributed by atoms with E-state index in [9.17, 15) is 9.59 Å². The predicted octanol–water partition coefficient (Wildman–Crippen LogP) is 3.45. The maximum atomic E-state index is 13.2. The Morgan fingerprint density at radius 1 is 1.21 bits per heavy atom. The van der Waals surface area contributed by atoms with Crippen LogP contribution in [0.5, 0.6) is 0 Å². The van der Waals surface area contributed by atoms with Gasteiger partial charge in [-0.15, -0.1) is 0 Å². The standard InChI is InChI=1S/C18H14Cl2N6O2/c1-10-9-25(11-2-3-12(19)13(20)6-11)18(28)16-14(8-23-26(10)16)24-17(27)15-7-21-4-5-22-15/h2-8,10H,9H2,1H3,(H,24,27)/t10-/m0/s1. The molecule has 0 saturated heterocycles. The van der Waals surface area contributed by atoms with E-state index < -0.39 is 5.91 Å². The molecule has 3 aromatic rings. The zero-order valence-corrected chi connectivity index (χ0v) is 16.1.